The SMILES string of the molecule is COCCNC(=O)C(=O)NCCN. The normalized spacial score (nSPS) is 9.38. The number of amides is 2. The van der Waals surface area contributed by atoms with Crippen LogP contribution in [0.3, 0.4) is 0 Å². The Balaban J connectivity index is 3.51. The van der Waals surface area contributed by atoms with E-state index in [0.717, 1.165) is 0 Å². The molecule has 0 aliphatic rings. The molecule has 0 unspecified atom stereocenters. The molecule has 0 saturated carbocycles. The number of rotatable bonds is 5. The highest BCUT2D eigenvalue weighted by Crippen LogP contribution is 1.69. The van der Waals surface area contributed by atoms with Crippen molar-refractivity contribution in [2.75, 3.05) is 33.4 Å². The zero-order valence-corrected chi connectivity index (χ0v) is 7.63. The van der Waals surface area contributed by atoms with E-state index in [-0.39, 0.29) is 0 Å². The highest BCUT2D eigenvalue weighted by Gasteiger charge is 2.10. The first-order chi connectivity index (χ1) is 6.22. The van der Waals surface area contributed by atoms with Crippen molar-refractivity contribution >= 4 is 11.8 Å². The summed E-state index contributed by atoms with van der Waals surface area (Å²) in [5, 5.41) is 4.72. The molecule has 0 aromatic rings. The molecule has 2 amide bonds. The van der Waals surface area contributed by atoms with Crippen molar-refractivity contribution in [2.45, 2.75) is 0 Å². The van der Waals surface area contributed by atoms with Gasteiger partial charge >= 0.3 is 11.8 Å². The predicted octanol–water partition coefficient (Wildman–Crippen LogP) is -2.18. The quantitative estimate of drug-likeness (QED) is 0.339. The molecule has 0 aromatic carbocycles. The molecule has 0 bridgehead atoms. The second-order valence-electron chi connectivity index (χ2n) is 2.29. The van der Waals surface area contributed by atoms with Crippen molar-refractivity contribution in [1.82, 2.24) is 10.6 Å². The van der Waals surface area contributed by atoms with Crippen LogP contribution in [0, 0.1) is 0 Å². The fraction of sp³-hybridized carbons (Fsp3) is 0.714. The van der Waals surface area contributed by atoms with Crippen LogP contribution in [-0.4, -0.2) is 45.2 Å². The van der Waals surface area contributed by atoms with Gasteiger partial charge in [-0.05, 0) is 0 Å². The molecular formula is C7H15N3O3. The Kier molecular flexibility index (Phi) is 6.85. The average Bonchev–Trinajstić information content (AvgIpc) is 2.14. The summed E-state index contributed by atoms with van der Waals surface area (Å²) in [6.07, 6.45) is 0. The van der Waals surface area contributed by atoms with Crippen LogP contribution in [0.4, 0.5) is 0 Å². The van der Waals surface area contributed by atoms with Gasteiger partial charge in [-0.1, -0.05) is 0 Å². The van der Waals surface area contributed by atoms with Gasteiger partial charge in [0.1, 0.15) is 0 Å². The van der Waals surface area contributed by atoms with Gasteiger partial charge in [0.2, 0.25) is 0 Å². The van der Waals surface area contributed by atoms with Gasteiger partial charge in [-0.3, -0.25) is 9.59 Å². The van der Waals surface area contributed by atoms with Gasteiger partial charge in [-0.25, -0.2) is 0 Å². The number of nitrogens with one attached hydrogen (secondary N) is 2. The molecule has 0 aromatic heterocycles. The van der Waals surface area contributed by atoms with E-state index in [4.69, 9.17) is 5.73 Å². The van der Waals surface area contributed by atoms with Crippen molar-refractivity contribution < 1.29 is 14.3 Å². The second-order valence-corrected chi connectivity index (χ2v) is 2.29. The molecule has 13 heavy (non-hydrogen) atoms. The minimum Gasteiger partial charge on any atom is -0.383 e. The summed E-state index contributed by atoms with van der Waals surface area (Å²) in [5.74, 6) is -1.33. The summed E-state index contributed by atoms with van der Waals surface area (Å²) in [6, 6.07) is 0. The van der Waals surface area contributed by atoms with Crippen LogP contribution in [0.5, 0.6) is 0 Å². The Hall–Kier alpha value is -1.14. The Bertz CT molecular complexity index is 172. The van der Waals surface area contributed by atoms with Gasteiger partial charge in [0, 0.05) is 26.7 Å². The van der Waals surface area contributed by atoms with E-state index in [0.29, 0.717) is 26.2 Å². The molecule has 4 N–H and O–H groups in total. The maximum absolute atomic E-state index is 10.9. The summed E-state index contributed by atoms with van der Waals surface area (Å²) in [5.41, 5.74) is 5.13. The predicted molar refractivity (Wildman–Crippen MR) is 46.9 cm³/mol. The molecular weight excluding hydrogens is 174 g/mol. The minimum absolute atomic E-state index is 0.302. The number of hydrogen-bond donors (Lipinski definition) is 3. The molecule has 0 saturated heterocycles. The van der Waals surface area contributed by atoms with Crippen LogP contribution in [0.25, 0.3) is 0 Å². The number of carbonyl (C=O) groups is 2. The van der Waals surface area contributed by atoms with E-state index in [9.17, 15) is 9.59 Å². The van der Waals surface area contributed by atoms with Gasteiger partial charge < -0.3 is 21.1 Å². The summed E-state index contributed by atoms with van der Waals surface area (Å²) in [4.78, 5) is 21.8. The van der Waals surface area contributed by atoms with Gasteiger partial charge in [0.15, 0.2) is 0 Å². The molecule has 0 spiro atoms. The third-order valence-corrected chi connectivity index (χ3v) is 1.23. The Labute approximate surface area is 76.8 Å². The number of nitrogens with two attached hydrogens (primary N) is 1. The number of hydrogen-bond acceptors (Lipinski definition) is 4. The van der Waals surface area contributed by atoms with E-state index in [1.165, 1.54) is 7.11 Å². The Morgan fingerprint density at radius 1 is 1.23 bits per heavy atom. The molecule has 6 heteroatoms. The van der Waals surface area contributed by atoms with Crippen LogP contribution in [0.2, 0.25) is 0 Å². The van der Waals surface area contributed by atoms with Gasteiger partial charge in [0.25, 0.3) is 0 Å². The summed E-state index contributed by atoms with van der Waals surface area (Å²) in [7, 11) is 1.51. The number of carbonyl (C=O) groups excluding carboxylic acids is 2. The molecule has 0 radical (unpaired) electrons. The first-order valence-electron chi connectivity index (χ1n) is 3.97. The lowest BCUT2D eigenvalue weighted by Gasteiger charge is -2.04. The summed E-state index contributed by atoms with van der Waals surface area (Å²) < 4.78 is 4.69. The highest BCUT2D eigenvalue weighted by atomic mass is 16.5. The van der Waals surface area contributed by atoms with E-state index in [1.807, 2.05) is 0 Å². The fourth-order valence-electron chi connectivity index (χ4n) is 0.613. The lowest BCUT2D eigenvalue weighted by Crippen LogP contribution is -2.42. The van der Waals surface area contributed by atoms with Crippen LogP contribution in [-0.2, 0) is 14.3 Å². The maximum atomic E-state index is 10.9. The number of ether oxygens (including phenoxy) is 1. The topological polar surface area (TPSA) is 93.4 Å². The zero-order valence-electron chi connectivity index (χ0n) is 7.63. The average molecular weight is 189 g/mol. The first kappa shape index (κ1) is 11.9. The molecule has 0 aliphatic heterocycles. The van der Waals surface area contributed by atoms with Crippen molar-refractivity contribution in [2.24, 2.45) is 5.73 Å². The van der Waals surface area contributed by atoms with E-state index >= 15 is 0 Å². The summed E-state index contributed by atoms with van der Waals surface area (Å²) >= 11 is 0. The van der Waals surface area contributed by atoms with Gasteiger partial charge in [0.05, 0.1) is 6.61 Å². The Morgan fingerprint density at radius 2 is 1.77 bits per heavy atom. The van der Waals surface area contributed by atoms with E-state index in [1.54, 1.807) is 0 Å². The zero-order chi connectivity index (χ0) is 10.1. The first-order valence-corrected chi connectivity index (χ1v) is 3.97. The molecule has 0 fully saturated rings. The molecule has 0 rings (SSSR count). The van der Waals surface area contributed by atoms with Crippen LogP contribution in [0.15, 0.2) is 0 Å². The van der Waals surface area contributed by atoms with Gasteiger partial charge in [-0.2, -0.15) is 0 Å². The third-order valence-electron chi connectivity index (χ3n) is 1.23. The fourth-order valence-corrected chi connectivity index (χ4v) is 0.613. The third kappa shape index (κ3) is 6.06. The van der Waals surface area contributed by atoms with Crippen molar-refractivity contribution in [3.05, 3.63) is 0 Å². The molecule has 0 heterocycles. The van der Waals surface area contributed by atoms with Crippen molar-refractivity contribution in [3.63, 3.8) is 0 Å². The van der Waals surface area contributed by atoms with Crippen molar-refractivity contribution in [3.8, 4) is 0 Å². The standard InChI is InChI=1S/C7H15N3O3/c1-13-5-4-10-7(12)6(11)9-3-2-8/h2-5,8H2,1H3,(H,9,11)(H,10,12). The van der Waals surface area contributed by atoms with E-state index < -0.39 is 11.8 Å². The van der Waals surface area contributed by atoms with Gasteiger partial charge in [-0.15, -0.1) is 0 Å². The smallest absolute Gasteiger partial charge is 0.309 e. The lowest BCUT2D eigenvalue weighted by molar-refractivity contribution is -0.139. The van der Waals surface area contributed by atoms with E-state index in [2.05, 4.69) is 15.4 Å². The molecule has 0 atom stereocenters. The largest absolute Gasteiger partial charge is 0.383 e. The molecule has 76 valence electrons. The maximum Gasteiger partial charge on any atom is 0.309 e. The van der Waals surface area contributed by atoms with Crippen LogP contribution < -0.4 is 16.4 Å². The van der Waals surface area contributed by atoms with Crippen LogP contribution >= 0.6 is 0 Å². The highest BCUT2D eigenvalue weighted by molar-refractivity contribution is 6.35. The minimum atomic E-state index is -0.665. The Morgan fingerprint density at radius 3 is 2.23 bits per heavy atom. The monoisotopic (exact) mass is 189 g/mol. The lowest BCUT2D eigenvalue weighted by atomic mass is 10.5. The van der Waals surface area contributed by atoms with Crippen molar-refractivity contribution in [1.29, 1.82) is 0 Å². The molecule has 0 aliphatic carbocycles. The molecule has 6 nitrogen and oxygen atoms in total. The second kappa shape index (κ2) is 7.51. The van der Waals surface area contributed by atoms with Crippen LogP contribution in [0.1, 0.15) is 0 Å². The number of methoxy groups -OCH3 is 1. The summed E-state index contributed by atoms with van der Waals surface area (Å²) in [6.45, 7) is 1.33.